The SMILES string of the molecule is CCC1(CN(C)CC2CCN(C)C2)CCNC1. The van der Waals surface area contributed by atoms with Gasteiger partial charge in [-0.05, 0) is 57.8 Å². The largest absolute Gasteiger partial charge is 0.316 e. The molecule has 0 amide bonds. The first kappa shape index (κ1) is 13.3. The Labute approximate surface area is 107 Å². The highest BCUT2D eigenvalue weighted by Gasteiger charge is 2.33. The molecule has 0 spiro atoms. The monoisotopic (exact) mass is 239 g/mol. The normalized spacial score (nSPS) is 34.9. The van der Waals surface area contributed by atoms with Gasteiger partial charge in [0.1, 0.15) is 0 Å². The Morgan fingerprint density at radius 3 is 2.82 bits per heavy atom. The summed E-state index contributed by atoms with van der Waals surface area (Å²) in [5.41, 5.74) is 0.555. The van der Waals surface area contributed by atoms with Gasteiger partial charge in [-0.15, -0.1) is 0 Å². The van der Waals surface area contributed by atoms with Gasteiger partial charge in [0.2, 0.25) is 0 Å². The molecule has 0 saturated carbocycles. The molecule has 2 rings (SSSR count). The van der Waals surface area contributed by atoms with Gasteiger partial charge >= 0.3 is 0 Å². The lowest BCUT2D eigenvalue weighted by atomic mass is 9.83. The summed E-state index contributed by atoms with van der Waals surface area (Å²) in [6.07, 6.45) is 4.06. The van der Waals surface area contributed by atoms with E-state index in [1.807, 2.05) is 0 Å². The van der Waals surface area contributed by atoms with Crippen LogP contribution in [0.1, 0.15) is 26.2 Å². The summed E-state index contributed by atoms with van der Waals surface area (Å²) in [6.45, 7) is 9.93. The Morgan fingerprint density at radius 2 is 2.29 bits per heavy atom. The second-order valence-electron chi connectivity index (χ2n) is 6.39. The van der Waals surface area contributed by atoms with E-state index < -0.39 is 0 Å². The zero-order chi connectivity index (χ0) is 12.3. The third-order valence-corrected chi connectivity index (χ3v) is 4.75. The minimum atomic E-state index is 0.555. The molecule has 2 aliphatic rings. The van der Waals surface area contributed by atoms with E-state index in [-0.39, 0.29) is 0 Å². The number of hydrogen-bond donors (Lipinski definition) is 1. The maximum Gasteiger partial charge on any atom is 0.00476 e. The molecule has 2 saturated heterocycles. The molecule has 0 radical (unpaired) electrons. The Hall–Kier alpha value is -0.120. The second-order valence-corrected chi connectivity index (χ2v) is 6.39. The molecule has 0 aromatic heterocycles. The fourth-order valence-corrected chi connectivity index (χ4v) is 3.60. The van der Waals surface area contributed by atoms with Crippen molar-refractivity contribution < 1.29 is 0 Å². The highest BCUT2D eigenvalue weighted by atomic mass is 15.2. The predicted octanol–water partition coefficient (Wildman–Crippen LogP) is 1.26. The topological polar surface area (TPSA) is 18.5 Å². The van der Waals surface area contributed by atoms with E-state index in [1.54, 1.807) is 0 Å². The third kappa shape index (κ3) is 3.43. The van der Waals surface area contributed by atoms with E-state index >= 15 is 0 Å². The number of hydrogen-bond acceptors (Lipinski definition) is 3. The Bertz CT molecular complexity index is 236. The van der Waals surface area contributed by atoms with Crippen molar-refractivity contribution in [3.05, 3.63) is 0 Å². The number of likely N-dealkylation sites (tertiary alicyclic amines) is 1. The first-order valence-corrected chi connectivity index (χ1v) is 7.21. The van der Waals surface area contributed by atoms with Crippen molar-refractivity contribution in [1.29, 1.82) is 0 Å². The van der Waals surface area contributed by atoms with Crippen molar-refractivity contribution in [3.8, 4) is 0 Å². The maximum absolute atomic E-state index is 3.54. The van der Waals surface area contributed by atoms with Crippen molar-refractivity contribution >= 4 is 0 Å². The van der Waals surface area contributed by atoms with Crippen molar-refractivity contribution in [2.24, 2.45) is 11.3 Å². The van der Waals surface area contributed by atoms with Gasteiger partial charge in [-0.3, -0.25) is 0 Å². The molecule has 0 aliphatic carbocycles. The van der Waals surface area contributed by atoms with Gasteiger partial charge in [-0.25, -0.2) is 0 Å². The fourth-order valence-electron chi connectivity index (χ4n) is 3.60. The van der Waals surface area contributed by atoms with E-state index in [4.69, 9.17) is 0 Å². The molecule has 0 aromatic rings. The summed E-state index contributed by atoms with van der Waals surface area (Å²) in [6, 6.07) is 0. The van der Waals surface area contributed by atoms with Gasteiger partial charge in [0.15, 0.2) is 0 Å². The second kappa shape index (κ2) is 5.68. The highest BCUT2D eigenvalue weighted by Crippen LogP contribution is 2.30. The lowest BCUT2D eigenvalue weighted by Gasteiger charge is -2.33. The third-order valence-electron chi connectivity index (χ3n) is 4.75. The van der Waals surface area contributed by atoms with Crippen molar-refractivity contribution in [2.45, 2.75) is 26.2 Å². The molecule has 1 N–H and O–H groups in total. The molecular formula is C14H29N3. The molecule has 3 nitrogen and oxygen atoms in total. The minimum Gasteiger partial charge on any atom is -0.316 e. The molecule has 2 heterocycles. The zero-order valence-corrected chi connectivity index (χ0v) is 11.8. The van der Waals surface area contributed by atoms with E-state index in [9.17, 15) is 0 Å². The van der Waals surface area contributed by atoms with Crippen LogP contribution in [0.2, 0.25) is 0 Å². The summed E-state index contributed by atoms with van der Waals surface area (Å²) in [5, 5.41) is 3.54. The van der Waals surface area contributed by atoms with E-state index in [1.165, 1.54) is 58.5 Å². The van der Waals surface area contributed by atoms with E-state index in [2.05, 4.69) is 36.1 Å². The van der Waals surface area contributed by atoms with Gasteiger partial charge in [0.05, 0.1) is 0 Å². The highest BCUT2D eigenvalue weighted by molar-refractivity contribution is 4.89. The van der Waals surface area contributed by atoms with Gasteiger partial charge < -0.3 is 15.1 Å². The molecule has 100 valence electrons. The summed E-state index contributed by atoms with van der Waals surface area (Å²) >= 11 is 0. The maximum atomic E-state index is 3.54. The van der Waals surface area contributed by atoms with Crippen LogP contribution in [-0.4, -0.2) is 63.2 Å². The molecule has 3 heteroatoms. The van der Waals surface area contributed by atoms with Gasteiger partial charge in [0.25, 0.3) is 0 Å². The van der Waals surface area contributed by atoms with Crippen LogP contribution in [0.5, 0.6) is 0 Å². The lowest BCUT2D eigenvalue weighted by molar-refractivity contribution is 0.167. The van der Waals surface area contributed by atoms with Crippen LogP contribution in [0.3, 0.4) is 0 Å². The molecule has 2 fully saturated rings. The average molecular weight is 239 g/mol. The van der Waals surface area contributed by atoms with Crippen LogP contribution in [0.25, 0.3) is 0 Å². The lowest BCUT2D eigenvalue weighted by Crippen LogP contribution is -2.39. The minimum absolute atomic E-state index is 0.555. The Morgan fingerprint density at radius 1 is 1.47 bits per heavy atom. The standard InChI is InChI=1S/C14H29N3/c1-4-14(6-7-15-11-14)12-17(3)10-13-5-8-16(2)9-13/h13,15H,4-12H2,1-3H3. The average Bonchev–Trinajstić information content (AvgIpc) is 2.89. The number of rotatable bonds is 5. The molecule has 2 unspecified atom stereocenters. The quantitative estimate of drug-likeness (QED) is 0.779. The van der Waals surface area contributed by atoms with Crippen molar-refractivity contribution in [2.75, 3.05) is 53.4 Å². The van der Waals surface area contributed by atoms with Crippen LogP contribution < -0.4 is 5.32 Å². The summed E-state index contributed by atoms with van der Waals surface area (Å²) in [4.78, 5) is 5.05. The molecular weight excluding hydrogens is 210 g/mol. The smallest absolute Gasteiger partial charge is 0.00476 e. The fraction of sp³-hybridized carbons (Fsp3) is 1.00. The summed E-state index contributed by atoms with van der Waals surface area (Å²) in [5.74, 6) is 0.897. The Kier molecular flexibility index (Phi) is 4.45. The van der Waals surface area contributed by atoms with Gasteiger partial charge in [0, 0.05) is 26.2 Å². The van der Waals surface area contributed by atoms with Crippen LogP contribution in [-0.2, 0) is 0 Å². The van der Waals surface area contributed by atoms with Gasteiger partial charge in [-0.2, -0.15) is 0 Å². The Balaban J connectivity index is 1.78. The van der Waals surface area contributed by atoms with Crippen LogP contribution in [0.15, 0.2) is 0 Å². The van der Waals surface area contributed by atoms with Crippen LogP contribution in [0.4, 0.5) is 0 Å². The van der Waals surface area contributed by atoms with Crippen LogP contribution >= 0.6 is 0 Å². The first-order valence-electron chi connectivity index (χ1n) is 7.21. The van der Waals surface area contributed by atoms with E-state index in [0.717, 1.165) is 5.92 Å². The molecule has 2 aliphatic heterocycles. The zero-order valence-electron chi connectivity index (χ0n) is 11.8. The number of nitrogens with zero attached hydrogens (tertiary/aromatic N) is 2. The van der Waals surface area contributed by atoms with Crippen molar-refractivity contribution in [3.63, 3.8) is 0 Å². The summed E-state index contributed by atoms with van der Waals surface area (Å²) < 4.78 is 0. The van der Waals surface area contributed by atoms with Gasteiger partial charge in [-0.1, -0.05) is 6.92 Å². The molecule has 0 aromatic carbocycles. The predicted molar refractivity (Wildman–Crippen MR) is 73.3 cm³/mol. The number of nitrogens with one attached hydrogen (secondary N) is 1. The van der Waals surface area contributed by atoms with E-state index in [0.29, 0.717) is 5.41 Å². The molecule has 0 bridgehead atoms. The first-order chi connectivity index (χ1) is 8.13. The summed E-state index contributed by atoms with van der Waals surface area (Å²) in [7, 11) is 4.56. The molecule has 2 atom stereocenters. The van der Waals surface area contributed by atoms with Crippen LogP contribution in [0, 0.1) is 11.3 Å². The van der Waals surface area contributed by atoms with Crippen molar-refractivity contribution in [1.82, 2.24) is 15.1 Å². The molecule has 17 heavy (non-hydrogen) atoms.